The molecule has 0 heterocycles. The molecule has 0 aromatic rings. The van der Waals surface area contributed by atoms with Crippen LogP contribution in [0.4, 0.5) is 0 Å². The van der Waals surface area contributed by atoms with E-state index in [1.54, 1.807) is 0 Å². The Bertz CT molecular complexity index is 1580. The number of carbonyl (C=O) groups is 3. The largest absolute Gasteiger partial charge is 0.462 e. The molecule has 1 atom stereocenters. The lowest BCUT2D eigenvalue weighted by atomic mass is 10.1. The molecule has 6 heteroatoms. The molecule has 0 radical (unpaired) electrons. The number of esters is 3. The molecule has 0 aliphatic carbocycles. The van der Waals surface area contributed by atoms with Crippen LogP contribution < -0.4 is 0 Å². The molecule has 1 unspecified atom stereocenters. The summed E-state index contributed by atoms with van der Waals surface area (Å²) in [5.74, 6) is -1.05. The molecule has 0 saturated carbocycles. The minimum atomic E-state index is -0.836. The molecule has 0 bridgehead atoms. The first kappa shape index (κ1) is 65.3. The zero-order valence-corrected chi connectivity index (χ0v) is 44.7. The molecule has 0 amide bonds. The SMILES string of the molecule is CC/C=C\C/C=C\C/C=C\C/C=C\C/C=C\C/C=C\CCC(=O)OC(COC(=O)CCCCCCC/C=C\C/C=C\C/C=C\C/C=C\C/C=C\CC)COC(=O)CCCCCCC/C=C\CCCCC. The van der Waals surface area contributed by atoms with Gasteiger partial charge in [-0.1, -0.05) is 218 Å². The predicted molar refractivity (Wildman–Crippen MR) is 302 cm³/mol. The molecule has 0 saturated heterocycles. The molecule has 0 aromatic heterocycles. The maximum Gasteiger partial charge on any atom is 0.306 e. The summed E-state index contributed by atoms with van der Waals surface area (Å²) in [6.45, 7) is 6.28. The second-order valence-corrected chi connectivity index (χ2v) is 17.7. The van der Waals surface area contributed by atoms with Gasteiger partial charge in [-0.15, -0.1) is 0 Å². The summed E-state index contributed by atoms with van der Waals surface area (Å²) in [5.41, 5.74) is 0. The second kappa shape index (κ2) is 56.9. The smallest absolute Gasteiger partial charge is 0.306 e. The molecule has 0 rings (SSSR count). The van der Waals surface area contributed by atoms with Crippen molar-refractivity contribution in [3.8, 4) is 0 Å². The molecule has 0 spiro atoms. The molecule has 0 aliphatic heterocycles. The van der Waals surface area contributed by atoms with E-state index >= 15 is 0 Å². The lowest BCUT2D eigenvalue weighted by molar-refractivity contribution is -0.166. The van der Waals surface area contributed by atoms with Gasteiger partial charge in [-0.05, 0) is 128 Å². The van der Waals surface area contributed by atoms with Gasteiger partial charge in [-0.3, -0.25) is 14.4 Å². The Morgan fingerprint density at radius 1 is 0.300 bits per heavy atom. The standard InChI is InChI=1S/C64H100O6/c1-4-7-10-13-16-19-22-25-27-29-31-32-34-35-37-39-42-45-48-51-54-57-63(66)69-60-61(59-68-62(65)56-53-50-47-44-41-24-21-18-15-12-9-6-3)70-64(67)58-55-52-49-46-43-40-38-36-33-30-28-26-23-20-17-14-11-8-5-2/h7-8,10-11,16-21,25-28,31-33,35-37,40,43,49,52,61H,4-6,9,12-15,22-24,29-30,34,38-39,41-42,44-48,50-51,53-60H2,1-3H3/b10-7-,11-8-,19-16-,20-17-,21-18-,27-25-,28-26-,32-31-,36-33-,37-35-,43-40-,52-49-. The number of rotatable bonds is 48. The minimum Gasteiger partial charge on any atom is -0.462 e. The summed E-state index contributed by atoms with van der Waals surface area (Å²) in [7, 11) is 0. The van der Waals surface area contributed by atoms with Gasteiger partial charge in [0.1, 0.15) is 13.2 Å². The number of unbranched alkanes of at least 4 members (excludes halogenated alkanes) is 13. The molecule has 0 N–H and O–H groups in total. The number of carbonyl (C=O) groups excluding carboxylic acids is 3. The minimum absolute atomic E-state index is 0.125. The highest BCUT2D eigenvalue weighted by Gasteiger charge is 2.19. The zero-order valence-electron chi connectivity index (χ0n) is 44.7. The van der Waals surface area contributed by atoms with Crippen LogP contribution in [0.25, 0.3) is 0 Å². The van der Waals surface area contributed by atoms with Crippen LogP contribution in [0.1, 0.15) is 220 Å². The van der Waals surface area contributed by atoms with Crippen LogP contribution in [0.3, 0.4) is 0 Å². The van der Waals surface area contributed by atoms with Crippen molar-refractivity contribution in [1.29, 1.82) is 0 Å². The average molecular weight is 965 g/mol. The fourth-order valence-corrected chi connectivity index (χ4v) is 6.96. The quantitative estimate of drug-likeness (QED) is 0.0262. The van der Waals surface area contributed by atoms with Crippen molar-refractivity contribution in [2.45, 2.75) is 226 Å². The molecule has 70 heavy (non-hydrogen) atoms. The average Bonchev–Trinajstić information content (AvgIpc) is 3.36. The highest BCUT2D eigenvalue weighted by molar-refractivity contribution is 5.71. The fourth-order valence-electron chi connectivity index (χ4n) is 6.96. The molecule has 0 fully saturated rings. The van der Waals surface area contributed by atoms with E-state index in [9.17, 15) is 14.4 Å². The van der Waals surface area contributed by atoms with Crippen molar-refractivity contribution in [2.75, 3.05) is 13.2 Å². The van der Waals surface area contributed by atoms with Crippen LogP contribution in [-0.2, 0) is 28.6 Å². The van der Waals surface area contributed by atoms with E-state index in [2.05, 4.69) is 154 Å². The van der Waals surface area contributed by atoms with Gasteiger partial charge in [-0.25, -0.2) is 0 Å². The molecule has 0 aromatic carbocycles. The highest BCUT2D eigenvalue weighted by atomic mass is 16.6. The Morgan fingerprint density at radius 3 is 0.943 bits per heavy atom. The third-order valence-corrected chi connectivity index (χ3v) is 11.1. The highest BCUT2D eigenvalue weighted by Crippen LogP contribution is 2.12. The van der Waals surface area contributed by atoms with E-state index in [0.29, 0.717) is 19.3 Å². The summed E-state index contributed by atoms with van der Waals surface area (Å²) >= 11 is 0. The van der Waals surface area contributed by atoms with E-state index in [4.69, 9.17) is 14.2 Å². The number of hydrogen-bond acceptors (Lipinski definition) is 6. The third-order valence-electron chi connectivity index (χ3n) is 11.1. The van der Waals surface area contributed by atoms with Crippen LogP contribution in [0.2, 0.25) is 0 Å². The molecule has 0 aliphatic rings. The normalized spacial score (nSPS) is 13.2. The molecule has 6 nitrogen and oxygen atoms in total. The molecule has 392 valence electrons. The first-order valence-electron chi connectivity index (χ1n) is 27.8. The Labute approximate surface area is 429 Å². The lowest BCUT2D eigenvalue weighted by Gasteiger charge is -2.18. The first-order chi connectivity index (χ1) is 34.5. The van der Waals surface area contributed by atoms with E-state index in [-0.39, 0.29) is 31.6 Å². The lowest BCUT2D eigenvalue weighted by Crippen LogP contribution is -2.30. The summed E-state index contributed by atoms with van der Waals surface area (Å²) in [5, 5.41) is 0. The Balaban J connectivity index is 4.55. The van der Waals surface area contributed by atoms with Crippen LogP contribution in [-0.4, -0.2) is 37.2 Å². The van der Waals surface area contributed by atoms with Crippen molar-refractivity contribution in [3.05, 3.63) is 146 Å². The Kier molecular flexibility index (Phi) is 53.0. The molecular formula is C64H100O6. The number of ether oxygens (including phenoxy) is 3. The topological polar surface area (TPSA) is 78.9 Å². The summed E-state index contributed by atoms with van der Waals surface area (Å²) in [6, 6.07) is 0. The van der Waals surface area contributed by atoms with Crippen molar-refractivity contribution >= 4 is 17.9 Å². The maximum absolute atomic E-state index is 12.8. The predicted octanol–water partition coefficient (Wildman–Crippen LogP) is 18.8. The van der Waals surface area contributed by atoms with Gasteiger partial charge in [0, 0.05) is 19.3 Å². The van der Waals surface area contributed by atoms with Gasteiger partial charge >= 0.3 is 17.9 Å². The van der Waals surface area contributed by atoms with Gasteiger partial charge in [0.15, 0.2) is 6.10 Å². The second-order valence-electron chi connectivity index (χ2n) is 17.7. The van der Waals surface area contributed by atoms with Gasteiger partial charge < -0.3 is 14.2 Å². The van der Waals surface area contributed by atoms with E-state index in [0.717, 1.165) is 141 Å². The number of hydrogen-bond donors (Lipinski definition) is 0. The Morgan fingerprint density at radius 2 is 0.586 bits per heavy atom. The van der Waals surface area contributed by atoms with Crippen molar-refractivity contribution < 1.29 is 28.6 Å². The summed E-state index contributed by atoms with van der Waals surface area (Å²) in [6.07, 6.45) is 81.3. The first-order valence-corrected chi connectivity index (χ1v) is 27.8. The molecular weight excluding hydrogens is 865 g/mol. The summed E-state index contributed by atoms with van der Waals surface area (Å²) in [4.78, 5) is 38.1. The van der Waals surface area contributed by atoms with E-state index < -0.39 is 12.1 Å². The number of allylic oxidation sites excluding steroid dienone is 24. The van der Waals surface area contributed by atoms with E-state index in [1.807, 2.05) is 12.2 Å². The van der Waals surface area contributed by atoms with Gasteiger partial charge in [0.2, 0.25) is 0 Å². The van der Waals surface area contributed by atoms with Gasteiger partial charge in [0.05, 0.1) is 0 Å². The third kappa shape index (κ3) is 54.2. The monoisotopic (exact) mass is 965 g/mol. The zero-order chi connectivity index (χ0) is 50.7. The van der Waals surface area contributed by atoms with Crippen LogP contribution in [0, 0.1) is 0 Å². The summed E-state index contributed by atoms with van der Waals surface area (Å²) < 4.78 is 16.7. The van der Waals surface area contributed by atoms with E-state index in [1.165, 1.54) is 32.1 Å². The maximum atomic E-state index is 12.8. The van der Waals surface area contributed by atoms with Gasteiger partial charge in [-0.2, -0.15) is 0 Å². The van der Waals surface area contributed by atoms with Gasteiger partial charge in [0.25, 0.3) is 0 Å². The van der Waals surface area contributed by atoms with Crippen LogP contribution >= 0.6 is 0 Å². The Hall–Kier alpha value is -4.71. The van der Waals surface area contributed by atoms with Crippen molar-refractivity contribution in [3.63, 3.8) is 0 Å². The van der Waals surface area contributed by atoms with Crippen molar-refractivity contribution in [2.24, 2.45) is 0 Å². The van der Waals surface area contributed by atoms with Crippen LogP contribution in [0.15, 0.2) is 146 Å². The van der Waals surface area contributed by atoms with Crippen molar-refractivity contribution in [1.82, 2.24) is 0 Å². The fraction of sp³-hybridized carbons (Fsp3) is 0.578. The van der Waals surface area contributed by atoms with Crippen LogP contribution in [0.5, 0.6) is 0 Å².